The van der Waals surface area contributed by atoms with Crippen molar-refractivity contribution < 1.29 is 27.1 Å². The van der Waals surface area contributed by atoms with Crippen molar-refractivity contribution in [2.24, 2.45) is 4.99 Å². The molecule has 33 heavy (non-hydrogen) atoms. The van der Waals surface area contributed by atoms with E-state index in [0.29, 0.717) is 35.9 Å². The number of nitrogens with zero attached hydrogens (tertiary/aromatic N) is 2. The molecular weight excluding hydrogens is 442 g/mol. The van der Waals surface area contributed by atoms with E-state index in [9.17, 15) is 22.4 Å². The van der Waals surface area contributed by atoms with Crippen molar-refractivity contribution >= 4 is 17.7 Å². The van der Waals surface area contributed by atoms with E-state index in [2.05, 4.69) is 25.8 Å². The molecule has 2 aromatic carbocycles. The predicted molar refractivity (Wildman–Crippen MR) is 113 cm³/mol. The fraction of sp³-hybridized carbons (Fsp3) is 0.227. The quantitative estimate of drug-likeness (QED) is 0.309. The summed E-state index contributed by atoms with van der Waals surface area (Å²) in [7, 11) is 0. The van der Waals surface area contributed by atoms with Crippen LogP contribution in [-0.4, -0.2) is 41.3 Å². The van der Waals surface area contributed by atoms with Crippen LogP contribution in [-0.2, 0) is 10.9 Å². The summed E-state index contributed by atoms with van der Waals surface area (Å²) >= 11 is 0. The number of aryl methyl sites for hydroxylation is 1. The molecule has 0 atom stereocenters. The highest BCUT2D eigenvalue weighted by molar-refractivity contribution is 6.06. The maximum Gasteiger partial charge on any atom is 0.416 e. The second-order valence-corrected chi connectivity index (χ2v) is 7.48. The smallest absolute Gasteiger partial charge is 0.377 e. The van der Waals surface area contributed by atoms with Crippen LogP contribution in [0, 0.1) is 12.7 Å². The summed E-state index contributed by atoms with van der Waals surface area (Å²) in [5.41, 5.74) is 0.674. The van der Waals surface area contributed by atoms with Crippen molar-refractivity contribution in [1.82, 2.24) is 15.5 Å². The zero-order chi connectivity index (χ0) is 23.6. The topological polar surface area (TPSA) is 91.4 Å². The Morgan fingerprint density at radius 1 is 1.15 bits per heavy atom. The van der Waals surface area contributed by atoms with Gasteiger partial charge < -0.3 is 15.4 Å². The van der Waals surface area contributed by atoms with Gasteiger partial charge in [-0.15, -0.1) is 0 Å². The molecule has 1 aliphatic heterocycles. The lowest BCUT2D eigenvalue weighted by atomic mass is 10.1. The molecule has 0 radical (unpaired) electrons. The maximum absolute atomic E-state index is 13.9. The van der Waals surface area contributed by atoms with Crippen LogP contribution in [0.2, 0.25) is 0 Å². The minimum absolute atomic E-state index is 0.00519. The predicted octanol–water partition coefficient (Wildman–Crippen LogP) is 4.14. The van der Waals surface area contributed by atoms with Gasteiger partial charge in [-0.2, -0.15) is 23.3 Å². The van der Waals surface area contributed by atoms with Crippen LogP contribution >= 0.6 is 0 Å². The normalized spacial score (nSPS) is 14.6. The molecule has 1 aliphatic rings. The van der Waals surface area contributed by atoms with Gasteiger partial charge in [-0.25, -0.2) is 4.39 Å². The van der Waals surface area contributed by atoms with Crippen molar-refractivity contribution in [3.05, 3.63) is 71.0 Å². The number of amides is 1. The minimum atomic E-state index is -4.50. The standard InChI is InChI=1S/C22H19F4N5O2/c1-12-2-3-14(8-17(12)23)18-9-19(31-30-18)28-21(27-16-10-33-11-16)29-20(32)13-4-6-15(7-5-13)22(24,25)26/h2-9,16H,10-11H2,1H3,(H3,27,28,29,30,31,32). The van der Waals surface area contributed by atoms with Gasteiger partial charge in [0.05, 0.1) is 30.5 Å². The molecule has 3 aromatic rings. The fourth-order valence-electron chi connectivity index (χ4n) is 2.99. The van der Waals surface area contributed by atoms with Gasteiger partial charge in [0.1, 0.15) is 11.6 Å². The van der Waals surface area contributed by atoms with Crippen LogP contribution in [0.1, 0.15) is 21.5 Å². The van der Waals surface area contributed by atoms with Crippen LogP contribution in [0.25, 0.3) is 11.3 Å². The Morgan fingerprint density at radius 2 is 1.88 bits per heavy atom. The van der Waals surface area contributed by atoms with Crippen molar-refractivity contribution in [3.63, 3.8) is 0 Å². The van der Waals surface area contributed by atoms with Gasteiger partial charge in [0.2, 0.25) is 5.96 Å². The first-order valence-electron chi connectivity index (χ1n) is 9.92. The number of benzene rings is 2. The minimum Gasteiger partial charge on any atom is -0.377 e. The van der Waals surface area contributed by atoms with E-state index in [1.54, 1.807) is 25.1 Å². The van der Waals surface area contributed by atoms with Gasteiger partial charge >= 0.3 is 6.18 Å². The number of rotatable bonds is 4. The number of nitrogens with one attached hydrogen (secondary N) is 3. The molecule has 0 unspecified atom stereocenters. The average Bonchev–Trinajstić information content (AvgIpc) is 3.20. The van der Waals surface area contributed by atoms with Crippen LogP contribution in [0.15, 0.2) is 53.5 Å². The summed E-state index contributed by atoms with van der Waals surface area (Å²) in [4.78, 5) is 16.5. The molecule has 172 valence electrons. The van der Waals surface area contributed by atoms with E-state index in [-0.39, 0.29) is 23.4 Å². The summed E-state index contributed by atoms with van der Waals surface area (Å²) < 4.78 is 57.2. The Labute approximate surface area is 185 Å². The number of hydrogen-bond donors (Lipinski definition) is 3. The number of aromatic nitrogens is 2. The van der Waals surface area contributed by atoms with Crippen molar-refractivity contribution in [2.45, 2.75) is 19.1 Å². The first-order valence-corrected chi connectivity index (χ1v) is 9.92. The molecule has 1 amide bonds. The van der Waals surface area contributed by atoms with E-state index in [4.69, 9.17) is 4.74 Å². The highest BCUT2D eigenvalue weighted by Crippen LogP contribution is 2.29. The number of carbonyl (C=O) groups is 1. The molecule has 1 aromatic heterocycles. The van der Waals surface area contributed by atoms with Gasteiger partial charge in [-0.1, -0.05) is 12.1 Å². The summed E-state index contributed by atoms with van der Waals surface area (Å²) in [6.45, 7) is 2.47. The van der Waals surface area contributed by atoms with Crippen molar-refractivity contribution in [1.29, 1.82) is 0 Å². The number of carbonyl (C=O) groups excluding carboxylic acids is 1. The van der Waals surface area contributed by atoms with Crippen LogP contribution in [0.3, 0.4) is 0 Å². The molecule has 0 spiro atoms. The van der Waals surface area contributed by atoms with Crippen molar-refractivity contribution in [2.75, 3.05) is 18.5 Å². The number of aliphatic imine (C=N–C) groups is 1. The highest BCUT2D eigenvalue weighted by atomic mass is 19.4. The third kappa shape index (κ3) is 5.37. The molecule has 0 saturated carbocycles. The summed E-state index contributed by atoms with van der Waals surface area (Å²) in [5.74, 6) is -0.656. The first-order chi connectivity index (χ1) is 15.7. The Balaban J connectivity index is 1.53. The fourth-order valence-corrected chi connectivity index (χ4v) is 2.99. The van der Waals surface area contributed by atoms with Crippen LogP contribution in [0.5, 0.6) is 0 Å². The molecule has 0 aliphatic carbocycles. The lowest BCUT2D eigenvalue weighted by Crippen LogP contribution is -2.50. The Bertz CT molecular complexity index is 1180. The maximum atomic E-state index is 13.9. The Hall–Kier alpha value is -3.73. The summed E-state index contributed by atoms with van der Waals surface area (Å²) in [5, 5.41) is 12.8. The molecule has 11 heteroatoms. The van der Waals surface area contributed by atoms with Gasteiger partial charge in [-0.05, 0) is 42.8 Å². The SMILES string of the molecule is Cc1ccc(-c2cc(N/C(=N\C(=O)c3ccc(C(F)(F)F)cc3)NC3COC3)[nH]n2)cc1F. The number of ether oxygens (including phenoxy) is 1. The number of halogens is 4. The largest absolute Gasteiger partial charge is 0.416 e. The molecule has 2 heterocycles. The van der Waals surface area contributed by atoms with E-state index in [1.165, 1.54) is 6.07 Å². The molecule has 3 N–H and O–H groups in total. The van der Waals surface area contributed by atoms with Gasteiger partial charge in [0.15, 0.2) is 0 Å². The number of anilines is 1. The first kappa shape index (κ1) is 22.5. The second-order valence-electron chi connectivity index (χ2n) is 7.48. The zero-order valence-corrected chi connectivity index (χ0v) is 17.3. The van der Waals surface area contributed by atoms with Crippen LogP contribution in [0.4, 0.5) is 23.4 Å². The molecule has 0 bridgehead atoms. The van der Waals surface area contributed by atoms with Gasteiger partial charge in [-0.3, -0.25) is 9.89 Å². The third-order valence-electron chi connectivity index (χ3n) is 4.95. The summed E-state index contributed by atoms with van der Waals surface area (Å²) in [6.07, 6.45) is -4.50. The van der Waals surface area contributed by atoms with Gasteiger partial charge in [0, 0.05) is 17.2 Å². The number of aromatic amines is 1. The molecule has 1 saturated heterocycles. The molecular formula is C22H19F4N5O2. The zero-order valence-electron chi connectivity index (χ0n) is 17.3. The molecule has 4 rings (SSSR count). The molecule has 7 nitrogen and oxygen atoms in total. The Kier molecular flexibility index (Phi) is 6.14. The number of guanidine groups is 1. The van der Waals surface area contributed by atoms with Crippen LogP contribution < -0.4 is 10.6 Å². The molecule has 1 fully saturated rings. The van der Waals surface area contributed by atoms with E-state index in [0.717, 1.165) is 24.3 Å². The lowest BCUT2D eigenvalue weighted by molar-refractivity contribution is -0.137. The monoisotopic (exact) mass is 461 g/mol. The number of alkyl halides is 3. The van der Waals surface area contributed by atoms with Crippen molar-refractivity contribution in [3.8, 4) is 11.3 Å². The second kappa shape index (κ2) is 9.02. The third-order valence-corrected chi connectivity index (χ3v) is 4.95. The van der Waals surface area contributed by atoms with E-state index >= 15 is 0 Å². The summed E-state index contributed by atoms with van der Waals surface area (Å²) in [6, 6.07) is 10.0. The highest BCUT2D eigenvalue weighted by Gasteiger charge is 2.30. The lowest BCUT2D eigenvalue weighted by Gasteiger charge is -2.28. The van der Waals surface area contributed by atoms with E-state index < -0.39 is 17.6 Å². The average molecular weight is 461 g/mol. The Morgan fingerprint density at radius 3 is 2.48 bits per heavy atom. The number of hydrogen-bond acceptors (Lipinski definition) is 3. The van der Waals surface area contributed by atoms with Gasteiger partial charge in [0.25, 0.3) is 5.91 Å². The van der Waals surface area contributed by atoms with E-state index in [1.807, 2.05) is 0 Å². The number of H-pyrrole nitrogens is 1.